The van der Waals surface area contributed by atoms with Crippen molar-refractivity contribution in [2.24, 2.45) is 16.8 Å². The van der Waals surface area contributed by atoms with Crippen molar-refractivity contribution in [3.05, 3.63) is 30.3 Å². The lowest BCUT2D eigenvalue weighted by Crippen LogP contribution is -2.32. The molecule has 1 saturated heterocycles. The molecule has 35 heavy (non-hydrogen) atoms. The predicted molar refractivity (Wildman–Crippen MR) is 130 cm³/mol. The summed E-state index contributed by atoms with van der Waals surface area (Å²) in [5.41, 5.74) is 12.9. The zero-order chi connectivity index (χ0) is 25.0. The molecule has 13 nitrogen and oxygen atoms in total. The molecule has 0 unspecified atom stereocenters. The first kappa shape index (κ1) is 23.7. The number of rotatable bonds is 6. The van der Waals surface area contributed by atoms with Gasteiger partial charge < -0.3 is 11.5 Å². The van der Waals surface area contributed by atoms with Gasteiger partial charge in [0.1, 0.15) is 9.79 Å². The van der Waals surface area contributed by atoms with Crippen LogP contribution in [0.4, 0.5) is 5.13 Å². The highest BCUT2D eigenvalue weighted by Gasteiger charge is 2.38. The van der Waals surface area contributed by atoms with E-state index in [9.17, 15) is 16.8 Å². The predicted octanol–water partition coefficient (Wildman–Crippen LogP) is 0.342. The Kier molecular flexibility index (Phi) is 5.81. The molecular weight excluding hydrogens is 514 g/mol. The number of nitrogens with zero attached hydrogens (tertiary/aromatic N) is 5. The number of sulfonamides is 2. The molecule has 1 fully saturated rings. The molecule has 16 heteroatoms. The second kappa shape index (κ2) is 8.58. The summed E-state index contributed by atoms with van der Waals surface area (Å²) in [6.07, 6.45) is 0.574. The fraction of sp³-hybridized carbons (Fsp3) is 0.263. The zero-order valence-electron chi connectivity index (χ0n) is 18.1. The minimum atomic E-state index is -4.59. The second-order valence-corrected chi connectivity index (χ2v) is 12.5. The first-order chi connectivity index (χ1) is 16.6. The number of H-pyrrole nitrogens is 1. The molecule has 5 rings (SSSR count). The Morgan fingerprint density at radius 3 is 2.60 bits per heavy atom. The summed E-state index contributed by atoms with van der Waals surface area (Å²) >= 11 is 1.26. The fourth-order valence-electron chi connectivity index (χ4n) is 4.30. The van der Waals surface area contributed by atoms with Gasteiger partial charge in [0.25, 0.3) is 0 Å². The maximum Gasteiger partial charge on any atom is 0.244 e. The van der Waals surface area contributed by atoms with Crippen LogP contribution in [0.25, 0.3) is 32.7 Å². The molecule has 0 bridgehead atoms. The number of hydrogen-bond acceptors (Lipinski definition) is 11. The molecule has 0 saturated carbocycles. The summed E-state index contributed by atoms with van der Waals surface area (Å²) in [5, 5.41) is 19.5. The van der Waals surface area contributed by atoms with Gasteiger partial charge in [0.05, 0.1) is 15.8 Å². The highest BCUT2D eigenvalue weighted by Crippen LogP contribution is 2.42. The number of thiazole rings is 1. The van der Waals surface area contributed by atoms with E-state index in [-0.39, 0.29) is 30.4 Å². The first-order valence-electron chi connectivity index (χ1n) is 10.4. The van der Waals surface area contributed by atoms with Gasteiger partial charge in [-0.3, -0.25) is 0 Å². The van der Waals surface area contributed by atoms with Crippen LogP contribution < -0.4 is 16.6 Å². The van der Waals surface area contributed by atoms with E-state index < -0.39 is 29.8 Å². The Morgan fingerprint density at radius 1 is 1.14 bits per heavy atom. The van der Waals surface area contributed by atoms with Crippen molar-refractivity contribution >= 4 is 46.7 Å². The minimum Gasteiger partial charge on any atom is -0.375 e. The summed E-state index contributed by atoms with van der Waals surface area (Å²) in [6, 6.07) is 8.04. The molecule has 0 radical (unpaired) electrons. The third kappa shape index (κ3) is 4.07. The number of nitrogens with two attached hydrogens (primary N) is 3. The summed E-state index contributed by atoms with van der Waals surface area (Å²) in [7, 11) is -8.83. The van der Waals surface area contributed by atoms with Crippen molar-refractivity contribution < 1.29 is 16.8 Å². The van der Waals surface area contributed by atoms with E-state index in [2.05, 4.69) is 25.6 Å². The minimum absolute atomic E-state index is 0.0207. The van der Waals surface area contributed by atoms with Crippen LogP contribution >= 0.6 is 11.3 Å². The second-order valence-electron chi connectivity index (χ2n) is 8.07. The number of aromatic nitrogens is 5. The molecule has 1 aliphatic heterocycles. The van der Waals surface area contributed by atoms with Gasteiger partial charge in [-0.15, -0.1) is 5.10 Å². The van der Waals surface area contributed by atoms with Crippen molar-refractivity contribution in [3.63, 3.8) is 0 Å². The first-order valence-corrected chi connectivity index (χ1v) is 14.2. The normalized spacial score (nSPS) is 17.4. The monoisotopic (exact) mass is 535 g/mol. The van der Waals surface area contributed by atoms with Gasteiger partial charge in [0.15, 0.2) is 11.0 Å². The Hall–Kier alpha value is -3.02. The summed E-state index contributed by atoms with van der Waals surface area (Å²) in [5.74, 6) is -0.0878. The average Bonchev–Trinajstić information content (AvgIpc) is 3.57. The quantitative estimate of drug-likeness (QED) is 0.265. The zero-order valence-corrected chi connectivity index (χ0v) is 20.6. The van der Waals surface area contributed by atoms with Gasteiger partial charge in [-0.05, 0) is 47.0 Å². The molecule has 0 amide bonds. The third-order valence-electron chi connectivity index (χ3n) is 5.91. The third-order valence-corrected chi connectivity index (χ3v) is 9.79. The van der Waals surface area contributed by atoms with Crippen LogP contribution in [0, 0.1) is 5.92 Å². The van der Waals surface area contributed by atoms with E-state index in [4.69, 9.17) is 16.6 Å². The lowest BCUT2D eigenvalue weighted by Gasteiger charge is -2.21. The Labute approximate surface area is 204 Å². The Morgan fingerprint density at radius 2 is 1.94 bits per heavy atom. The summed E-state index contributed by atoms with van der Waals surface area (Å²) in [4.78, 5) is 3.30. The summed E-state index contributed by atoms with van der Waals surface area (Å²) in [6.45, 7) is 0.719. The Bertz CT molecular complexity index is 1630. The molecule has 2 aromatic carbocycles. The SMILES string of the molecule is NC[C@H]1CCN(S(=O)(=O)c2ccc(-c3cccc4sc(N)nc34)c(-c3nnn[nH]3)c2S(N)(=O)=O)C1. The van der Waals surface area contributed by atoms with Crippen LogP contribution in [0.2, 0.25) is 0 Å². The molecule has 1 aliphatic rings. The lowest BCUT2D eigenvalue weighted by atomic mass is 9.98. The van der Waals surface area contributed by atoms with Crippen molar-refractivity contribution in [1.82, 2.24) is 29.9 Å². The number of hydrogen-bond donors (Lipinski definition) is 4. The largest absolute Gasteiger partial charge is 0.375 e. The van der Waals surface area contributed by atoms with E-state index in [1.807, 2.05) is 6.07 Å². The van der Waals surface area contributed by atoms with Crippen LogP contribution in [0.15, 0.2) is 40.1 Å². The molecule has 0 spiro atoms. The molecule has 2 aromatic heterocycles. The van der Waals surface area contributed by atoms with Gasteiger partial charge in [0.2, 0.25) is 20.0 Å². The van der Waals surface area contributed by atoms with Crippen molar-refractivity contribution in [2.75, 3.05) is 25.4 Å². The van der Waals surface area contributed by atoms with Gasteiger partial charge >= 0.3 is 0 Å². The Balaban J connectivity index is 1.84. The number of nitrogen functional groups attached to an aromatic ring is 1. The molecule has 4 aromatic rings. The highest BCUT2D eigenvalue weighted by atomic mass is 32.2. The van der Waals surface area contributed by atoms with Crippen LogP contribution in [-0.2, 0) is 20.0 Å². The number of aromatic amines is 1. The van der Waals surface area contributed by atoms with Gasteiger partial charge in [-0.2, -0.15) is 4.31 Å². The molecular formula is C19H21N9O4S3. The topological polar surface area (TPSA) is 217 Å². The smallest absolute Gasteiger partial charge is 0.244 e. The maximum atomic E-state index is 13.6. The maximum absolute atomic E-state index is 13.6. The number of primary sulfonamides is 1. The number of benzene rings is 2. The van der Waals surface area contributed by atoms with Crippen LogP contribution in [0.1, 0.15) is 6.42 Å². The van der Waals surface area contributed by atoms with Crippen LogP contribution in [0.5, 0.6) is 0 Å². The number of tetrazole rings is 1. The standard InChI is InChI=1S/C19H21N9O4S3/c20-8-10-6-7-28(9-10)35(31,32)14-5-4-11(12-2-1-3-13-16(12)23-19(21)33-13)15(17(14)34(22,29)30)18-24-26-27-25-18/h1-5,10H,6-9,20H2,(H2,21,23)(H2,22,29,30)(H,24,25,26,27)/t10-/m1/s1. The van der Waals surface area contributed by atoms with Crippen molar-refractivity contribution in [3.8, 4) is 22.5 Å². The van der Waals surface area contributed by atoms with E-state index in [0.29, 0.717) is 34.7 Å². The highest BCUT2D eigenvalue weighted by molar-refractivity contribution is 7.92. The lowest BCUT2D eigenvalue weighted by molar-refractivity contribution is 0.457. The van der Waals surface area contributed by atoms with E-state index in [1.54, 1.807) is 12.1 Å². The van der Waals surface area contributed by atoms with Gasteiger partial charge in [-0.25, -0.2) is 32.1 Å². The molecule has 0 aliphatic carbocycles. The number of nitrogens with one attached hydrogen (secondary N) is 1. The number of para-hydroxylation sites is 1. The van der Waals surface area contributed by atoms with E-state index in [1.165, 1.54) is 27.8 Å². The number of anilines is 1. The average molecular weight is 536 g/mol. The van der Waals surface area contributed by atoms with E-state index in [0.717, 1.165) is 4.70 Å². The molecule has 1 atom stereocenters. The van der Waals surface area contributed by atoms with Crippen molar-refractivity contribution in [1.29, 1.82) is 0 Å². The van der Waals surface area contributed by atoms with Crippen LogP contribution in [-0.4, -0.2) is 66.4 Å². The van der Waals surface area contributed by atoms with E-state index >= 15 is 0 Å². The van der Waals surface area contributed by atoms with Gasteiger partial charge in [0, 0.05) is 18.7 Å². The molecule has 184 valence electrons. The fourth-order valence-corrected chi connectivity index (χ4v) is 8.18. The van der Waals surface area contributed by atoms with Gasteiger partial charge in [-0.1, -0.05) is 29.5 Å². The van der Waals surface area contributed by atoms with Crippen LogP contribution in [0.3, 0.4) is 0 Å². The number of fused-ring (bicyclic) bond motifs is 1. The van der Waals surface area contributed by atoms with Crippen molar-refractivity contribution in [2.45, 2.75) is 16.2 Å². The summed E-state index contributed by atoms with van der Waals surface area (Å²) < 4.78 is 55.2. The molecule has 3 heterocycles. The molecule has 7 N–H and O–H groups in total.